The third-order valence-electron chi connectivity index (χ3n) is 12.4. The van der Waals surface area contributed by atoms with E-state index in [0.29, 0.717) is 18.3 Å². The van der Waals surface area contributed by atoms with Gasteiger partial charge in [-0.05, 0) is 69.1 Å². The van der Waals surface area contributed by atoms with Crippen molar-refractivity contribution >= 4 is 11.6 Å². The van der Waals surface area contributed by atoms with Gasteiger partial charge in [0, 0.05) is 18.3 Å². The Hall–Kier alpha value is -0.940. The quantitative estimate of drug-likeness (QED) is 0.259. The molecule has 8 unspecified atom stereocenters. The molecular formula is C37H64O9. The van der Waals surface area contributed by atoms with Gasteiger partial charge in [-0.15, -0.1) is 0 Å². The molecule has 4 fully saturated rings. The molecule has 0 bridgehead atoms. The van der Waals surface area contributed by atoms with Crippen LogP contribution < -0.4 is 0 Å². The van der Waals surface area contributed by atoms with E-state index < -0.39 is 37.2 Å². The van der Waals surface area contributed by atoms with Gasteiger partial charge in [0.2, 0.25) is 0 Å². The Morgan fingerprint density at radius 1 is 0.543 bits per heavy atom. The van der Waals surface area contributed by atoms with Crippen LogP contribution in [0, 0.1) is 47.3 Å². The summed E-state index contributed by atoms with van der Waals surface area (Å²) in [7, 11) is 0. The number of hydrogen-bond acceptors (Lipinski definition) is 9. The highest BCUT2D eigenvalue weighted by molar-refractivity contribution is 5.81. The molecule has 4 aliphatic heterocycles. The predicted molar refractivity (Wildman–Crippen MR) is 175 cm³/mol. The van der Waals surface area contributed by atoms with Crippen molar-refractivity contribution in [3.05, 3.63) is 0 Å². The number of rotatable bonds is 10. The molecule has 266 valence electrons. The first-order valence-electron chi connectivity index (χ1n) is 18.2. The molecule has 4 aliphatic rings. The zero-order valence-electron chi connectivity index (χ0n) is 30.8. The van der Waals surface area contributed by atoms with Crippen molar-refractivity contribution in [2.45, 2.75) is 177 Å². The van der Waals surface area contributed by atoms with E-state index in [1.807, 2.05) is 6.92 Å². The highest BCUT2D eigenvalue weighted by atomic mass is 16.7. The normalized spacial score (nSPS) is 50.2. The van der Waals surface area contributed by atoms with Crippen LogP contribution in [-0.2, 0) is 42.7 Å². The smallest absolute Gasteiger partial charge is 0.162 e. The van der Waals surface area contributed by atoms with Gasteiger partial charge >= 0.3 is 0 Å². The Bertz CT molecular complexity index is 1020. The van der Waals surface area contributed by atoms with Crippen LogP contribution in [0.4, 0.5) is 0 Å². The predicted octanol–water partition coefficient (Wildman–Crippen LogP) is 6.58. The molecule has 0 spiro atoms. The minimum absolute atomic E-state index is 0.00478. The lowest BCUT2D eigenvalue weighted by molar-refractivity contribution is -0.342. The molecule has 4 rings (SSSR count). The summed E-state index contributed by atoms with van der Waals surface area (Å²) in [6.45, 7) is 26.8. The topological polar surface area (TPSA) is 98.8 Å². The molecule has 4 heterocycles. The van der Waals surface area contributed by atoms with Crippen LogP contribution in [0.2, 0.25) is 0 Å². The monoisotopic (exact) mass is 652 g/mol. The molecule has 0 aromatic rings. The van der Waals surface area contributed by atoms with Crippen LogP contribution in [0.3, 0.4) is 0 Å². The van der Waals surface area contributed by atoms with E-state index in [2.05, 4.69) is 69.2 Å². The van der Waals surface area contributed by atoms with Crippen LogP contribution in [0.15, 0.2) is 0 Å². The molecule has 0 N–H and O–H groups in total. The van der Waals surface area contributed by atoms with Gasteiger partial charge in [-0.25, -0.2) is 0 Å². The van der Waals surface area contributed by atoms with Crippen molar-refractivity contribution in [1.82, 2.24) is 0 Å². The van der Waals surface area contributed by atoms with Gasteiger partial charge < -0.3 is 33.2 Å². The van der Waals surface area contributed by atoms with Crippen LogP contribution in [0.25, 0.3) is 0 Å². The van der Waals surface area contributed by atoms with Crippen molar-refractivity contribution in [2.75, 3.05) is 0 Å². The maximum absolute atomic E-state index is 13.0. The molecule has 0 aromatic heterocycles. The first-order valence-corrected chi connectivity index (χ1v) is 18.2. The molecule has 9 heteroatoms. The van der Waals surface area contributed by atoms with Gasteiger partial charge in [0.1, 0.15) is 12.2 Å². The summed E-state index contributed by atoms with van der Waals surface area (Å²) in [5.74, 6) is 1.44. The Morgan fingerprint density at radius 3 is 1.63 bits per heavy atom. The summed E-state index contributed by atoms with van der Waals surface area (Å²) < 4.78 is 45.6. The lowest BCUT2D eigenvalue weighted by Gasteiger charge is -2.50. The average molecular weight is 653 g/mol. The summed E-state index contributed by atoms with van der Waals surface area (Å²) >= 11 is 0. The maximum atomic E-state index is 13.0. The number of hydrogen-bond donors (Lipinski definition) is 0. The third-order valence-corrected chi connectivity index (χ3v) is 12.4. The second-order valence-corrected chi connectivity index (χ2v) is 15.4. The van der Waals surface area contributed by atoms with Crippen LogP contribution in [-0.4, -0.2) is 79.3 Å². The summed E-state index contributed by atoms with van der Waals surface area (Å²) in [6, 6.07) is 0. The fourth-order valence-corrected chi connectivity index (χ4v) is 8.17. The molecule has 19 atom stereocenters. The van der Waals surface area contributed by atoms with Gasteiger partial charge in [0.25, 0.3) is 0 Å². The Kier molecular flexibility index (Phi) is 13.0. The molecule has 46 heavy (non-hydrogen) atoms. The van der Waals surface area contributed by atoms with Crippen molar-refractivity contribution < 1.29 is 42.7 Å². The molecule has 0 amide bonds. The average Bonchev–Trinajstić information content (AvgIpc) is 3.01. The minimum Gasteiger partial charge on any atom is -0.364 e. The molecular weight excluding hydrogens is 588 g/mol. The highest BCUT2D eigenvalue weighted by Crippen LogP contribution is 2.43. The number of carbonyl (C=O) groups is 2. The van der Waals surface area contributed by atoms with Crippen LogP contribution >= 0.6 is 0 Å². The van der Waals surface area contributed by atoms with Crippen molar-refractivity contribution in [2.24, 2.45) is 47.3 Å². The fourth-order valence-electron chi connectivity index (χ4n) is 8.17. The fraction of sp³-hybridized carbons (Fsp3) is 0.946. The number of ketones is 2. The zero-order valence-corrected chi connectivity index (χ0v) is 30.8. The SMILES string of the molecule is CCC1O[C@H](O[C@@H]2C(C(C)=O)O[C@@H](O[C@@H]3C(CC)O[C@@H](O[C@H]4C(C(C)=O)OC(C)C(C)[C@@H]4C)C[C@H]3C)C(C)[C@H]2C)C(C)[C@@H](C)[C@@H]1C. The largest absolute Gasteiger partial charge is 0.364 e. The molecule has 0 radical (unpaired) electrons. The Morgan fingerprint density at radius 2 is 1.04 bits per heavy atom. The first-order chi connectivity index (χ1) is 21.6. The van der Waals surface area contributed by atoms with E-state index in [4.69, 9.17) is 33.2 Å². The van der Waals surface area contributed by atoms with Crippen molar-refractivity contribution in [3.63, 3.8) is 0 Å². The molecule has 0 aliphatic carbocycles. The summed E-state index contributed by atoms with van der Waals surface area (Å²) in [4.78, 5) is 25.6. The summed E-state index contributed by atoms with van der Waals surface area (Å²) in [5, 5.41) is 0. The maximum Gasteiger partial charge on any atom is 0.162 e. The van der Waals surface area contributed by atoms with E-state index in [1.54, 1.807) is 13.8 Å². The molecule has 4 saturated heterocycles. The van der Waals surface area contributed by atoms with Crippen LogP contribution in [0.1, 0.15) is 109 Å². The third kappa shape index (κ3) is 7.76. The Labute approximate surface area is 278 Å². The summed E-state index contributed by atoms with van der Waals surface area (Å²) in [6.07, 6.45) is -1.72. The molecule has 0 saturated carbocycles. The van der Waals surface area contributed by atoms with E-state index >= 15 is 0 Å². The lowest BCUT2D eigenvalue weighted by atomic mass is 9.78. The van der Waals surface area contributed by atoms with Crippen molar-refractivity contribution in [1.29, 1.82) is 0 Å². The number of ether oxygens (including phenoxy) is 7. The second kappa shape index (κ2) is 15.7. The highest BCUT2D eigenvalue weighted by Gasteiger charge is 2.51. The standard InChI is InChI=1S/C37H64O9/c1-14-28-20(6)18(4)23(9)36(42-28)45-33-22(8)24(10)37(46-35(33)26(12)39)44-31-17(3)16-30(41-29(31)15-2)43-32-21(7)19(5)27(13)40-34(32)25(11)38/h17-24,27-37H,14-16H2,1-13H3/t17-,18+,19?,20+,21+,22-,23?,24?,27?,28?,29?,30+,31+,32-,33+,34?,35?,36-,37-/m1/s1. The van der Waals surface area contributed by atoms with Crippen LogP contribution in [0.5, 0.6) is 0 Å². The molecule has 0 aromatic carbocycles. The van der Waals surface area contributed by atoms with Gasteiger partial charge in [0.15, 0.2) is 30.4 Å². The second-order valence-electron chi connectivity index (χ2n) is 15.4. The summed E-state index contributed by atoms with van der Waals surface area (Å²) in [5.41, 5.74) is 0. The van der Waals surface area contributed by atoms with E-state index in [-0.39, 0.29) is 77.6 Å². The van der Waals surface area contributed by atoms with E-state index in [1.165, 1.54) is 0 Å². The van der Waals surface area contributed by atoms with Gasteiger partial charge in [-0.3, -0.25) is 9.59 Å². The molecule has 9 nitrogen and oxygen atoms in total. The van der Waals surface area contributed by atoms with Crippen molar-refractivity contribution in [3.8, 4) is 0 Å². The van der Waals surface area contributed by atoms with E-state index in [0.717, 1.165) is 12.8 Å². The van der Waals surface area contributed by atoms with Gasteiger partial charge in [0.05, 0.1) is 36.6 Å². The minimum atomic E-state index is -0.751. The number of carbonyl (C=O) groups excluding carboxylic acids is 2. The zero-order chi connectivity index (χ0) is 34.2. The van der Waals surface area contributed by atoms with Gasteiger partial charge in [-0.1, -0.05) is 69.2 Å². The Balaban J connectivity index is 1.44. The first kappa shape index (κ1) is 37.9. The van der Waals surface area contributed by atoms with E-state index in [9.17, 15) is 9.59 Å². The van der Waals surface area contributed by atoms with Gasteiger partial charge in [-0.2, -0.15) is 0 Å². The lowest BCUT2D eigenvalue weighted by Crippen LogP contribution is -2.59. The number of Topliss-reactive ketones (excluding diaryl/α,β-unsaturated/α-hetero) is 2.